The van der Waals surface area contributed by atoms with Crippen LogP contribution in [0.2, 0.25) is 0 Å². The Morgan fingerprint density at radius 2 is 1.94 bits per heavy atom. The van der Waals surface area contributed by atoms with Gasteiger partial charge in [-0.25, -0.2) is 9.37 Å². The molecule has 0 amide bonds. The Hall–Kier alpha value is -2.46. The molecular formula is C25H31FIN5O. The molecule has 2 N–H and O–H groups in total. The predicted octanol–water partition coefficient (Wildman–Crippen LogP) is 4.59. The summed E-state index contributed by atoms with van der Waals surface area (Å²) in [6, 6.07) is 17.1. The number of aromatic nitrogens is 2. The zero-order valence-corrected chi connectivity index (χ0v) is 21.4. The molecule has 0 saturated carbocycles. The van der Waals surface area contributed by atoms with Crippen molar-refractivity contribution in [3.63, 3.8) is 0 Å². The lowest BCUT2D eigenvalue weighted by Crippen LogP contribution is -2.48. The van der Waals surface area contributed by atoms with Gasteiger partial charge >= 0.3 is 0 Å². The quantitative estimate of drug-likeness (QED) is 0.262. The maximum atomic E-state index is 14.0. The Morgan fingerprint density at radius 3 is 2.64 bits per heavy atom. The number of nitrogens with zero attached hydrogens (tertiary/aromatic N) is 3. The fourth-order valence-corrected chi connectivity index (χ4v) is 4.29. The van der Waals surface area contributed by atoms with Crippen LogP contribution in [0.5, 0.6) is 0 Å². The zero-order valence-electron chi connectivity index (χ0n) is 19.1. The lowest BCUT2D eigenvalue weighted by atomic mass is 9.74. The van der Waals surface area contributed by atoms with E-state index < -0.39 is 0 Å². The number of H-pyrrole nitrogens is 1. The van der Waals surface area contributed by atoms with Crippen LogP contribution >= 0.6 is 24.0 Å². The molecule has 1 aromatic heterocycles. The number of rotatable bonds is 6. The summed E-state index contributed by atoms with van der Waals surface area (Å²) in [6.45, 7) is 2.58. The molecule has 1 aliphatic heterocycles. The van der Waals surface area contributed by atoms with Crippen molar-refractivity contribution in [3.8, 4) is 11.3 Å². The van der Waals surface area contributed by atoms with Gasteiger partial charge in [0.25, 0.3) is 0 Å². The number of halogens is 2. The van der Waals surface area contributed by atoms with Gasteiger partial charge in [0, 0.05) is 39.3 Å². The molecule has 1 aliphatic rings. The standard InChI is InChI=1S/C25H30FN5O.HI/c1-27-24(31(2)17-23-28-16-22(30-23)19-7-4-3-5-8-19)29-18-25(11-13-32-14-12-25)20-9-6-10-21(26)15-20;/h3-10,15-16H,11-14,17-18H2,1-2H3,(H,27,29)(H,28,30);1H. The van der Waals surface area contributed by atoms with Gasteiger partial charge in [-0.1, -0.05) is 42.5 Å². The lowest BCUT2D eigenvalue weighted by Gasteiger charge is -2.39. The van der Waals surface area contributed by atoms with Gasteiger partial charge in [0.05, 0.1) is 18.4 Å². The molecule has 6 nitrogen and oxygen atoms in total. The van der Waals surface area contributed by atoms with Crippen molar-refractivity contribution in [2.45, 2.75) is 24.8 Å². The van der Waals surface area contributed by atoms with Gasteiger partial charge in [-0.3, -0.25) is 4.99 Å². The number of hydrogen-bond acceptors (Lipinski definition) is 3. The monoisotopic (exact) mass is 563 g/mol. The molecule has 2 heterocycles. The first-order chi connectivity index (χ1) is 15.6. The van der Waals surface area contributed by atoms with E-state index in [9.17, 15) is 4.39 Å². The van der Waals surface area contributed by atoms with Gasteiger partial charge in [0.2, 0.25) is 0 Å². The lowest BCUT2D eigenvalue weighted by molar-refractivity contribution is 0.0511. The average Bonchev–Trinajstić information content (AvgIpc) is 3.29. The van der Waals surface area contributed by atoms with Crippen LogP contribution in [0.3, 0.4) is 0 Å². The summed E-state index contributed by atoms with van der Waals surface area (Å²) < 4.78 is 19.6. The van der Waals surface area contributed by atoms with Crippen molar-refractivity contribution >= 4 is 29.9 Å². The molecule has 0 unspecified atom stereocenters. The van der Waals surface area contributed by atoms with Gasteiger partial charge in [-0.05, 0) is 36.1 Å². The van der Waals surface area contributed by atoms with E-state index in [0.29, 0.717) is 26.3 Å². The van der Waals surface area contributed by atoms with Crippen molar-refractivity contribution in [2.75, 3.05) is 33.9 Å². The van der Waals surface area contributed by atoms with Gasteiger partial charge in [0.1, 0.15) is 11.6 Å². The second-order valence-electron chi connectivity index (χ2n) is 8.27. The van der Waals surface area contributed by atoms with Crippen molar-refractivity contribution in [1.82, 2.24) is 20.2 Å². The topological polar surface area (TPSA) is 65.5 Å². The van der Waals surface area contributed by atoms with Crippen molar-refractivity contribution in [1.29, 1.82) is 0 Å². The number of imidazole rings is 1. The van der Waals surface area contributed by atoms with Crippen molar-refractivity contribution < 1.29 is 9.13 Å². The van der Waals surface area contributed by atoms with E-state index in [1.54, 1.807) is 19.2 Å². The van der Waals surface area contributed by atoms with Crippen molar-refractivity contribution in [2.24, 2.45) is 4.99 Å². The van der Waals surface area contributed by atoms with Gasteiger partial charge in [-0.2, -0.15) is 0 Å². The molecule has 0 aliphatic carbocycles. The fourth-order valence-electron chi connectivity index (χ4n) is 4.29. The third kappa shape index (κ3) is 6.11. The Morgan fingerprint density at radius 1 is 1.18 bits per heavy atom. The van der Waals surface area contributed by atoms with Gasteiger partial charge in [0.15, 0.2) is 5.96 Å². The molecule has 0 radical (unpaired) electrons. The van der Waals surface area contributed by atoms with Crippen LogP contribution < -0.4 is 5.32 Å². The molecule has 3 aromatic rings. The van der Waals surface area contributed by atoms with Gasteiger partial charge < -0.3 is 19.9 Å². The summed E-state index contributed by atoms with van der Waals surface area (Å²) in [5.41, 5.74) is 2.91. The van der Waals surface area contributed by atoms with E-state index in [-0.39, 0.29) is 35.2 Å². The van der Waals surface area contributed by atoms with Crippen LogP contribution in [0.15, 0.2) is 65.8 Å². The summed E-state index contributed by atoms with van der Waals surface area (Å²) in [6.07, 6.45) is 3.53. The second-order valence-corrected chi connectivity index (χ2v) is 8.27. The first-order valence-corrected chi connectivity index (χ1v) is 10.9. The van der Waals surface area contributed by atoms with E-state index in [0.717, 1.165) is 41.4 Å². The number of guanidine groups is 1. The number of ether oxygens (including phenoxy) is 1. The molecule has 0 spiro atoms. The molecule has 0 atom stereocenters. The summed E-state index contributed by atoms with van der Waals surface area (Å²) in [5.74, 6) is 1.42. The van der Waals surface area contributed by atoms with Crippen LogP contribution in [0.25, 0.3) is 11.3 Å². The summed E-state index contributed by atoms with van der Waals surface area (Å²) >= 11 is 0. The van der Waals surface area contributed by atoms with Crippen molar-refractivity contribution in [3.05, 3.63) is 78.0 Å². The number of aromatic amines is 1. The summed E-state index contributed by atoms with van der Waals surface area (Å²) in [4.78, 5) is 14.4. The molecular weight excluding hydrogens is 532 g/mol. The van der Waals surface area contributed by atoms with E-state index >= 15 is 0 Å². The van der Waals surface area contributed by atoms with Crippen LogP contribution in [0, 0.1) is 5.82 Å². The molecule has 1 fully saturated rings. The molecule has 0 bridgehead atoms. The predicted molar refractivity (Wildman–Crippen MR) is 140 cm³/mol. The van der Waals surface area contributed by atoms with E-state index in [4.69, 9.17) is 4.74 Å². The summed E-state index contributed by atoms with van der Waals surface area (Å²) in [5, 5.41) is 3.51. The number of aliphatic imine (C=N–C) groups is 1. The van der Waals surface area contributed by atoms with Crippen LogP contribution in [0.1, 0.15) is 24.2 Å². The van der Waals surface area contributed by atoms with Crippen LogP contribution in [-0.4, -0.2) is 54.7 Å². The van der Waals surface area contributed by atoms with Crippen LogP contribution in [0.4, 0.5) is 4.39 Å². The number of hydrogen-bond donors (Lipinski definition) is 2. The maximum absolute atomic E-state index is 14.0. The Labute approximate surface area is 211 Å². The van der Waals surface area contributed by atoms with Crippen LogP contribution in [-0.2, 0) is 16.7 Å². The van der Waals surface area contributed by atoms with E-state index in [2.05, 4.69) is 32.4 Å². The fraction of sp³-hybridized carbons (Fsp3) is 0.360. The third-order valence-corrected chi connectivity index (χ3v) is 6.15. The number of nitrogens with one attached hydrogen (secondary N) is 2. The largest absolute Gasteiger partial charge is 0.381 e. The highest BCUT2D eigenvalue weighted by atomic mass is 127. The first-order valence-electron chi connectivity index (χ1n) is 10.9. The minimum atomic E-state index is -0.207. The van der Waals surface area contributed by atoms with Gasteiger partial charge in [-0.15, -0.1) is 24.0 Å². The highest BCUT2D eigenvalue weighted by molar-refractivity contribution is 14.0. The highest BCUT2D eigenvalue weighted by Gasteiger charge is 2.35. The Bertz CT molecular complexity index is 1050. The summed E-state index contributed by atoms with van der Waals surface area (Å²) in [7, 11) is 3.76. The zero-order chi connectivity index (χ0) is 22.4. The van der Waals surface area contributed by atoms with E-state index in [1.807, 2.05) is 42.4 Å². The maximum Gasteiger partial charge on any atom is 0.193 e. The molecule has 2 aromatic carbocycles. The Kier molecular flexibility index (Phi) is 8.85. The SMILES string of the molecule is CN=C(NCC1(c2cccc(F)c2)CCOCC1)N(C)Cc1ncc(-c2ccccc2)[nH]1.I. The number of benzene rings is 2. The molecule has 33 heavy (non-hydrogen) atoms. The smallest absolute Gasteiger partial charge is 0.193 e. The Balaban J connectivity index is 0.00000306. The van der Waals surface area contributed by atoms with E-state index in [1.165, 1.54) is 6.07 Å². The third-order valence-electron chi connectivity index (χ3n) is 6.15. The molecule has 176 valence electrons. The average molecular weight is 563 g/mol. The molecule has 8 heteroatoms. The normalized spacial score (nSPS) is 15.5. The highest BCUT2D eigenvalue weighted by Crippen LogP contribution is 2.34. The first kappa shape index (κ1) is 25.2. The minimum absolute atomic E-state index is 0. The minimum Gasteiger partial charge on any atom is -0.381 e. The second kappa shape index (κ2) is 11.6. The molecule has 1 saturated heterocycles. The molecule has 4 rings (SSSR count).